The molecule has 0 atom stereocenters. The van der Waals surface area contributed by atoms with Crippen LogP contribution in [-0.2, 0) is 0 Å². The molecule has 0 amide bonds. The molecule has 0 heterocycles. The molecule has 0 spiro atoms. The van der Waals surface area contributed by atoms with Crippen LogP contribution in [0.3, 0.4) is 0 Å². The number of phenolic OH excluding ortho intramolecular Hbond substituents is 1. The highest BCUT2D eigenvalue weighted by molar-refractivity contribution is 7.80. The fourth-order valence-corrected chi connectivity index (χ4v) is 1.67. The molecule has 2 aromatic carbocycles. The minimum atomic E-state index is -0.390. The summed E-state index contributed by atoms with van der Waals surface area (Å²) in [7, 11) is 0. The van der Waals surface area contributed by atoms with E-state index < -0.39 is 5.82 Å². The van der Waals surface area contributed by atoms with Crippen LogP contribution in [0.4, 0.5) is 4.39 Å². The van der Waals surface area contributed by atoms with Crippen LogP contribution < -0.4 is 5.73 Å². The summed E-state index contributed by atoms with van der Waals surface area (Å²) >= 11 is 4.82. The number of aromatic hydroxyl groups is 1. The van der Waals surface area contributed by atoms with Crippen LogP contribution in [0, 0.1) is 5.82 Å². The molecular formula is C13H10FNOS. The number of hydrogen-bond acceptors (Lipinski definition) is 2. The Bertz CT molecular complexity index is 566. The first-order valence-corrected chi connectivity index (χ1v) is 5.37. The van der Waals surface area contributed by atoms with E-state index in [1.807, 2.05) is 0 Å². The Morgan fingerprint density at radius 2 is 1.71 bits per heavy atom. The zero-order valence-electron chi connectivity index (χ0n) is 8.85. The van der Waals surface area contributed by atoms with E-state index in [0.717, 1.165) is 5.56 Å². The van der Waals surface area contributed by atoms with Crippen molar-refractivity contribution in [3.63, 3.8) is 0 Å². The van der Waals surface area contributed by atoms with Crippen molar-refractivity contribution in [3.8, 4) is 16.9 Å². The maximum absolute atomic E-state index is 13.4. The van der Waals surface area contributed by atoms with Crippen LogP contribution in [0.1, 0.15) is 5.56 Å². The highest BCUT2D eigenvalue weighted by Crippen LogP contribution is 2.24. The third-order valence-corrected chi connectivity index (χ3v) is 2.62. The molecule has 0 bridgehead atoms. The van der Waals surface area contributed by atoms with E-state index >= 15 is 0 Å². The monoisotopic (exact) mass is 247 g/mol. The third-order valence-electron chi connectivity index (χ3n) is 2.38. The van der Waals surface area contributed by atoms with Gasteiger partial charge in [-0.1, -0.05) is 24.4 Å². The van der Waals surface area contributed by atoms with Gasteiger partial charge in [0.1, 0.15) is 16.6 Å². The van der Waals surface area contributed by atoms with Gasteiger partial charge < -0.3 is 10.8 Å². The molecule has 4 heteroatoms. The highest BCUT2D eigenvalue weighted by atomic mass is 32.1. The summed E-state index contributed by atoms with van der Waals surface area (Å²) in [6.45, 7) is 0. The summed E-state index contributed by atoms with van der Waals surface area (Å²) in [4.78, 5) is 0.157. The Balaban J connectivity index is 2.51. The third kappa shape index (κ3) is 2.60. The van der Waals surface area contributed by atoms with Crippen molar-refractivity contribution >= 4 is 17.2 Å². The Labute approximate surface area is 104 Å². The lowest BCUT2D eigenvalue weighted by Crippen LogP contribution is -2.09. The number of halogens is 1. The normalized spacial score (nSPS) is 10.2. The summed E-state index contributed by atoms with van der Waals surface area (Å²) < 4.78 is 13.4. The standard InChI is InChI=1S/C13H10FNOS/c14-11-6-9(5-10(7-11)13(15)17)8-1-3-12(16)4-2-8/h1-7,16H,(H2,15,17). The van der Waals surface area contributed by atoms with E-state index in [0.29, 0.717) is 11.1 Å². The predicted molar refractivity (Wildman–Crippen MR) is 69.4 cm³/mol. The molecule has 86 valence electrons. The molecule has 2 aromatic rings. The zero-order valence-corrected chi connectivity index (χ0v) is 9.67. The maximum atomic E-state index is 13.4. The molecule has 0 aliphatic rings. The van der Waals surface area contributed by atoms with Crippen LogP contribution in [0.5, 0.6) is 5.75 Å². The lowest BCUT2D eigenvalue weighted by atomic mass is 10.0. The number of benzene rings is 2. The quantitative estimate of drug-likeness (QED) is 0.802. The number of hydrogen-bond donors (Lipinski definition) is 2. The molecule has 0 saturated heterocycles. The molecule has 0 fully saturated rings. The van der Waals surface area contributed by atoms with Gasteiger partial charge in [0, 0.05) is 5.56 Å². The number of thiocarbonyl (C=S) groups is 1. The molecule has 0 aliphatic carbocycles. The van der Waals surface area contributed by atoms with E-state index in [4.69, 9.17) is 18.0 Å². The Hall–Kier alpha value is -1.94. The van der Waals surface area contributed by atoms with Gasteiger partial charge in [-0.15, -0.1) is 0 Å². The SMILES string of the molecule is NC(=S)c1cc(F)cc(-c2ccc(O)cc2)c1. The van der Waals surface area contributed by atoms with E-state index in [1.165, 1.54) is 12.1 Å². The molecule has 0 aromatic heterocycles. The number of phenols is 1. The minimum absolute atomic E-state index is 0.157. The van der Waals surface area contributed by atoms with Crippen molar-refractivity contribution in [1.29, 1.82) is 0 Å². The summed E-state index contributed by atoms with van der Waals surface area (Å²) in [6, 6.07) is 10.9. The van der Waals surface area contributed by atoms with Crippen molar-refractivity contribution in [2.24, 2.45) is 5.73 Å². The van der Waals surface area contributed by atoms with Gasteiger partial charge in [0.2, 0.25) is 0 Å². The van der Waals surface area contributed by atoms with E-state index in [-0.39, 0.29) is 10.7 Å². The average molecular weight is 247 g/mol. The van der Waals surface area contributed by atoms with E-state index in [1.54, 1.807) is 30.3 Å². The fourth-order valence-electron chi connectivity index (χ4n) is 1.55. The van der Waals surface area contributed by atoms with Crippen molar-refractivity contribution < 1.29 is 9.50 Å². The van der Waals surface area contributed by atoms with Crippen LogP contribution in [0.25, 0.3) is 11.1 Å². The summed E-state index contributed by atoms with van der Waals surface area (Å²) in [5.74, 6) is -0.224. The van der Waals surface area contributed by atoms with E-state index in [2.05, 4.69) is 0 Å². The van der Waals surface area contributed by atoms with Crippen LogP contribution in [-0.4, -0.2) is 10.1 Å². The lowest BCUT2D eigenvalue weighted by Gasteiger charge is -2.05. The van der Waals surface area contributed by atoms with Crippen molar-refractivity contribution in [1.82, 2.24) is 0 Å². The molecule has 0 aliphatic heterocycles. The smallest absolute Gasteiger partial charge is 0.124 e. The average Bonchev–Trinajstić information content (AvgIpc) is 2.29. The van der Waals surface area contributed by atoms with Crippen LogP contribution in [0.15, 0.2) is 42.5 Å². The first-order valence-electron chi connectivity index (χ1n) is 4.96. The first-order chi connectivity index (χ1) is 8.06. The lowest BCUT2D eigenvalue weighted by molar-refractivity contribution is 0.475. The summed E-state index contributed by atoms with van der Waals surface area (Å²) in [5, 5.41) is 9.19. The van der Waals surface area contributed by atoms with Gasteiger partial charge >= 0.3 is 0 Å². The first kappa shape index (κ1) is 11.5. The predicted octanol–water partition coefficient (Wildman–Crippen LogP) is 2.83. The Kier molecular flexibility index (Phi) is 3.06. The van der Waals surface area contributed by atoms with Crippen LogP contribution >= 0.6 is 12.2 Å². The molecule has 2 rings (SSSR count). The second kappa shape index (κ2) is 4.51. The largest absolute Gasteiger partial charge is 0.508 e. The van der Waals surface area contributed by atoms with Gasteiger partial charge in [-0.25, -0.2) is 4.39 Å². The molecule has 3 N–H and O–H groups in total. The van der Waals surface area contributed by atoms with Crippen molar-refractivity contribution in [3.05, 3.63) is 53.8 Å². The van der Waals surface area contributed by atoms with Crippen molar-refractivity contribution in [2.75, 3.05) is 0 Å². The van der Waals surface area contributed by atoms with Gasteiger partial charge in [-0.3, -0.25) is 0 Å². The Morgan fingerprint density at radius 1 is 1.06 bits per heavy atom. The minimum Gasteiger partial charge on any atom is -0.508 e. The molecule has 2 nitrogen and oxygen atoms in total. The van der Waals surface area contributed by atoms with Gasteiger partial charge in [-0.2, -0.15) is 0 Å². The number of nitrogens with two attached hydrogens (primary N) is 1. The summed E-state index contributed by atoms with van der Waals surface area (Å²) in [5.41, 5.74) is 7.43. The summed E-state index contributed by atoms with van der Waals surface area (Å²) in [6.07, 6.45) is 0. The van der Waals surface area contributed by atoms with Crippen LogP contribution in [0.2, 0.25) is 0 Å². The van der Waals surface area contributed by atoms with Gasteiger partial charge in [0.05, 0.1) is 0 Å². The van der Waals surface area contributed by atoms with Crippen molar-refractivity contribution in [2.45, 2.75) is 0 Å². The molecule has 17 heavy (non-hydrogen) atoms. The highest BCUT2D eigenvalue weighted by Gasteiger charge is 2.05. The molecule has 0 unspecified atom stereocenters. The fraction of sp³-hybridized carbons (Fsp3) is 0. The topological polar surface area (TPSA) is 46.2 Å². The van der Waals surface area contributed by atoms with E-state index in [9.17, 15) is 9.50 Å². The second-order valence-electron chi connectivity index (χ2n) is 3.64. The maximum Gasteiger partial charge on any atom is 0.124 e. The molecular weight excluding hydrogens is 237 g/mol. The van der Waals surface area contributed by atoms with Gasteiger partial charge in [-0.05, 0) is 41.5 Å². The molecule has 0 saturated carbocycles. The second-order valence-corrected chi connectivity index (χ2v) is 4.08. The zero-order chi connectivity index (χ0) is 12.4. The molecule has 0 radical (unpaired) electrons. The van der Waals surface area contributed by atoms with Gasteiger partial charge in [0.25, 0.3) is 0 Å². The van der Waals surface area contributed by atoms with Gasteiger partial charge in [0.15, 0.2) is 0 Å². The number of rotatable bonds is 2. The Morgan fingerprint density at radius 3 is 2.29 bits per heavy atom.